The number of rotatable bonds is 3. The van der Waals surface area contributed by atoms with Gasteiger partial charge in [0.2, 0.25) is 11.2 Å². The summed E-state index contributed by atoms with van der Waals surface area (Å²) in [5.41, 5.74) is -0.855. The highest BCUT2D eigenvalue weighted by Crippen LogP contribution is 2.37. The maximum atomic E-state index is 12.4. The lowest BCUT2D eigenvalue weighted by atomic mass is 10.1. The lowest BCUT2D eigenvalue weighted by Gasteiger charge is -2.10. The molecule has 3 rings (SSSR count). The third-order valence-electron chi connectivity index (χ3n) is 3.72. The average Bonchev–Trinajstić information content (AvgIpc) is 2.60. The van der Waals surface area contributed by atoms with Crippen LogP contribution >= 0.6 is 0 Å². The molecule has 8 heteroatoms. The summed E-state index contributed by atoms with van der Waals surface area (Å²) in [6.45, 7) is 4.88. The first-order chi connectivity index (χ1) is 12.7. The van der Waals surface area contributed by atoms with Crippen molar-refractivity contribution in [2.75, 3.05) is 0 Å². The monoisotopic (exact) mass is 370 g/mol. The molecule has 1 aromatic heterocycles. The highest BCUT2D eigenvalue weighted by atomic mass is 16.5. The maximum absolute atomic E-state index is 12.4. The molecule has 3 aromatic rings. The molecule has 0 saturated carbocycles. The van der Waals surface area contributed by atoms with E-state index in [1.807, 2.05) is 0 Å². The fourth-order valence-electron chi connectivity index (χ4n) is 2.38. The first kappa shape index (κ1) is 17.9. The van der Waals surface area contributed by atoms with Gasteiger partial charge < -0.3 is 29.6 Å². The molecule has 0 saturated heterocycles. The molecular weight excluding hydrogens is 356 g/mol. The van der Waals surface area contributed by atoms with Crippen LogP contribution in [0.2, 0.25) is 0 Å². The van der Waals surface area contributed by atoms with Gasteiger partial charge in [0.15, 0.2) is 17.3 Å². The second-order valence-electron chi connectivity index (χ2n) is 5.80. The molecular formula is C19H14O8. The number of carbonyl (C=O) groups excluding carboxylic acids is 1. The van der Waals surface area contributed by atoms with Crippen molar-refractivity contribution in [3.8, 4) is 40.1 Å². The number of esters is 1. The number of hydrogen-bond acceptors (Lipinski definition) is 8. The Bertz CT molecular complexity index is 1160. The van der Waals surface area contributed by atoms with Crippen molar-refractivity contribution < 1.29 is 34.4 Å². The molecule has 0 spiro atoms. The van der Waals surface area contributed by atoms with Crippen molar-refractivity contribution in [3.63, 3.8) is 0 Å². The smallest absolute Gasteiger partial charge is 0.338 e. The van der Waals surface area contributed by atoms with E-state index in [0.29, 0.717) is 0 Å². The van der Waals surface area contributed by atoms with Gasteiger partial charge in [0.1, 0.15) is 22.5 Å². The first-order valence-corrected chi connectivity index (χ1v) is 7.62. The van der Waals surface area contributed by atoms with Crippen LogP contribution in [0.25, 0.3) is 22.3 Å². The van der Waals surface area contributed by atoms with Crippen molar-refractivity contribution in [3.05, 3.63) is 52.7 Å². The predicted molar refractivity (Wildman–Crippen MR) is 95.0 cm³/mol. The van der Waals surface area contributed by atoms with Crippen LogP contribution in [-0.4, -0.2) is 26.4 Å². The van der Waals surface area contributed by atoms with Gasteiger partial charge in [0.05, 0.1) is 0 Å². The summed E-state index contributed by atoms with van der Waals surface area (Å²) in [5, 5.41) is 39.0. The molecule has 1 heterocycles. The molecule has 0 aliphatic rings. The summed E-state index contributed by atoms with van der Waals surface area (Å²) in [4.78, 5) is 24.1. The van der Waals surface area contributed by atoms with Gasteiger partial charge in [0, 0.05) is 23.3 Å². The molecule has 0 bridgehead atoms. The van der Waals surface area contributed by atoms with Crippen LogP contribution in [0.15, 0.2) is 51.7 Å². The van der Waals surface area contributed by atoms with Crippen molar-refractivity contribution >= 4 is 16.9 Å². The second-order valence-corrected chi connectivity index (χ2v) is 5.80. The minimum atomic E-state index is -0.922. The summed E-state index contributed by atoms with van der Waals surface area (Å²) in [6, 6.07) is 5.77. The molecule has 0 aliphatic carbocycles. The summed E-state index contributed by atoms with van der Waals surface area (Å²) in [6.07, 6.45) is 0. The minimum absolute atomic E-state index is 0.0960. The summed E-state index contributed by atoms with van der Waals surface area (Å²) in [7, 11) is 0. The number of hydrogen-bond donors (Lipinski definition) is 4. The quantitative estimate of drug-likeness (QED) is 0.239. The number of ether oxygens (including phenoxy) is 1. The van der Waals surface area contributed by atoms with Gasteiger partial charge >= 0.3 is 5.97 Å². The highest BCUT2D eigenvalue weighted by Gasteiger charge is 2.20. The molecule has 138 valence electrons. The largest absolute Gasteiger partial charge is 0.507 e. The van der Waals surface area contributed by atoms with Gasteiger partial charge in [0.25, 0.3) is 0 Å². The Kier molecular flexibility index (Phi) is 4.24. The molecule has 0 aliphatic heterocycles. The van der Waals surface area contributed by atoms with E-state index in [9.17, 15) is 30.0 Å². The number of aromatic hydroxyl groups is 4. The fraction of sp³-hybridized carbons (Fsp3) is 0.0526. The Hall–Kier alpha value is -3.94. The van der Waals surface area contributed by atoms with Crippen molar-refractivity contribution in [1.82, 2.24) is 0 Å². The normalized spacial score (nSPS) is 10.7. The van der Waals surface area contributed by atoms with Crippen LogP contribution in [0.3, 0.4) is 0 Å². The van der Waals surface area contributed by atoms with Gasteiger partial charge in [-0.15, -0.1) is 0 Å². The van der Waals surface area contributed by atoms with Crippen molar-refractivity contribution in [2.45, 2.75) is 6.92 Å². The number of benzene rings is 2. The first-order valence-electron chi connectivity index (χ1n) is 7.62. The number of fused-ring (bicyclic) bond motifs is 1. The minimum Gasteiger partial charge on any atom is -0.507 e. The summed E-state index contributed by atoms with van der Waals surface area (Å²) < 4.78 is 10.5. The van der Waals surface area contributed by atoms with Crippen LogP contribution < -0.4 is 10.2 Å². The molecule has 0 atom stereocenters. The Morgan fingerprint density at radius 2 is 1.74 bits per heavy atom. The lowest BCUT2D eigenvalue weighted by molar-refractivity contribution is -0.130. The Labute approximate surface area is 151 Å². The van der Waals surface area contributed by atoms with Gasteiger partial charge in [-0.1, -0.05) is 6.58 Å². The maximum Gasteiger partial charge on any atom is 0.338 e. The van der Waals surface area contributed by atoms with E-state index in [2.05, 4.69) is 6.58 Å². The van der Waals surface area contributed by atoms with Crippen molar-refractivity contribution in [2.24, 2.45) is 0 Å². The zero-order valence-corrected chi connectivity index (χ0v) is 14.0. The Morgan fingerprint density at radius 3 is 2.37 bits per heavy atom. The van der Waals surface area contributed by atoms with Gasteiger partial charge in [-0.2, -0.15) is 0 Å². The van der Waals surface area contributed by atoms with E-state index in [1.165, 1.54) is 19.1 Å². The molecule has 0 amide bonds. The molecule has 8 nitrogen and oxygen atoms in total. The topological polar surface area (TPSA) is 137 Å². The van der Waals surface area contributed by atoms with Gasteiger partial charge in [-0.05, 0) is 25.1 Å². The predicted octanol–water partition coefficient (Wildman–Crippen LogP) is 2.76. The molecule has 0 radical (unpaired) electrons. The van der Waals surface area contributed by atoms with E-state index in [0.717, 1.165) is 18.2 Å². The lowest BCUT2D eigenvalue weighted by Crippen LogP contribution is -2.09. The van der Waals surface area contributed by atoms with E-state index < -0.39 is 34.4 Å². The van der Waals surface area contributed by atoms with Gasteiger partial charge in [-0.3, -0.25) is 4.79 Å². The zero-order chi connectivity index (χ0) is 19.9. The summed E-state index contributed by atoms with van der Waals surface area (Å²) in [5.74, 6) is -3.36. The third-order valence-corrected chi connectivity index (χ3v) is 3.72. The number of carbonyl (C=O) groups is 1. The molecule has 27 heavy (non-hydrogen) atoms. The van der Waals surface area contributed by atoms with Crippen LogP contribution in [0.5, 0.6) is 28.7 Å². The molecule has 2 aromatic carbocycles. The number of phenols is 3. The SMILES string of the molecule is C=C(C)C(=O)Oc1cc(O)c2c(=O)c(O)c(-c3ccc(O)c(O)c3)oc2c1. The third kappa shape index (κ3) is 3.15. The standard InChI is InChI=1S/C19H14O8/c1-8(2)19(25)26-10-6-13(22)15-14(7-10)27-18(17(24)16(15)23)9-3-4-11(20)12(21)5-9/h3-7,20-22,24H,1H2,2H3. The van der Waals surface area contributed by atoms with Crippen LogP contribution in [0, 0.1) is 0 Å². The second kappa shape index (κ2) is 6.41. The average molecular weight is 370 g/mol. The molecule has 4 N–H and O–H groups in total. The van der Waals surface area contributed by atoms with E-state index in [1.54, 1.807) is 0 Å². The van der Waals surface area contributed by atoms with E-state index in [4.69, 9.17) is 9.15 Å². The van der Waals surface area contributed by atoms with Crippen molar-refractivity contribution in [1.29, 1.82) is 0 Å². The Balaban J connectivity index is 2.23. The highest BCUT2D eigenvalue weighted by molar-refractivity contribution is 5.91. The summed E-state index contributed by atoms with van der Waals surface area (Å²) >= 11 is 0. The zero-order valence-electron chi connectivity index (χ0n) is 14.0. The van der Waals surface area contributed by atoms with E-state index in [-0.39, 0.29) is 33.6 Å². The van der Waals surface area contributed by atoms with Crippen LogP contribution in [0.4, 0.5) is 0 Å². The van der Waals surface area contributed by atoms with Crippen LogP contribution in [-0.2, 0) is 4.79 Å². The van der Waals surface area contributed by atoms with Gasteiger partial charge in [-0.25, -0.2) is 4.79 Å². The Morgan fingerprint density at radius 1 is 1.04 bits per heavy atom. The molecule has 0 fully saturated rings. The molecule has 0 unspecified atom stereocenters. The number of phenolic OH excluding ortho intramolecular Hbond substituents is 3. The van der Waals surface area contributed by atoms with Crippen LogP contribution in [0.1, 0.15) is 6.92 Å². The van der Waals surface area contributed by atoms with E-state index >= 15 is 0 Å². The fourth-order valence-corrected chi connectivity index (χ4v) is 2.38.